The van der Waals surface area contributed by atoms with Gasteiger partial charge in [0.15, 0.2) is 46.4 Å². The molecule has 0 heterocycles. The summed E-state index contributed by atoms with van der Waals surface area (Å²) in [5, 5.41) is 55.6. The zero-order valence-corrected chi connectivity index (χ0v) is 23.3. The maximum Gasteiger partial charge on any atom is 0.358 e. The van der Waals surface area contributed by atoms with Crippen LogP contribution in [-0.2, 0) is 9.59 Å². The van der Waals surface area contributed by atoms with Gasteiger partial charge in [-0.15, -0.1) is 0 Å². The number of carbonyl (C=O) groups is 6. The Morgan fingerprint density at radius 3 is 1.21 bits per heavy atom. The normalized spacial score (nSPS) is 19.2. The van der Waals surface area contributed by atoms with E-state index in [4.69, 9.17) is 20.4 Å². The first-order valence-electron chi connectivity index (χ1n) is 11.3. The average Bonchev–Trinajstić information content (AvgIpc) is 2.97. The van der Waals surface area contributed by atoms with Gasteiger partial charge in [-0.2, -0.15) is 13.2 Å². The quantitative estimate of drug-likeness (QED) is 0.113. The SMILES string of the molecule is O=C(O)c1c(F)c(F)c(OC2=C(F)C(Br)(C(=O)O)C(Oc3c(F)c(F)c(C(=O)O)c(C(=O)O)c3F)(C(=O)O)C(F)=C2F)c(F)c1C(=O)O. The molecule has 0 saturated carbocycles. The molecule has 0 amide bonds. The van der Waals surface area contributed by atoms with Gasteiger partial charge < -0.3 is 40.1 Å². The van der Waals surface area contributed by atoms with E-state index < -0.39 is 138 Å². The molecule has 0 bridgehead atoms. The molecule has 2 aromatic carbocycles. The Labute approximate surface area is 262 Å². The number of aromatic carboxylic acids is 4. The lowest BCUT2D eigenvalue weighted by atomic mass is 9.80. The van der Waals surface area contributed by atoms with Gasteiger partial charge >= 0.3 is 35.8 Å². The van der Waals surface area contributed by atoms with Gasteiger partial charge in [-0.25, -0.2) is 50.3 Å². The van der Waals surface area contributed by atoms with Crippen LogP contribution >= 0.6 is 15.9 Å². The second-order valence-electron chi connectivity index (χ2n) is 8.69. The minimum absolute atomic E-state index is 1.76. The third-order valence-corrected chi connectivity index (χ3v) is 7.41. The van der Waals surface area contributed by atoms with Crippen LogP contribution < -0.4 is 9.47 Å². The molecule has 1 aliphatic carbocycles. The van der Waals surface area contributed by atoms with E-state index in [0.29, 0.717) is 0 Å². The number of rotatable bonds is 10. The Kier molecular flexibility index (Phi) is 9.23. The van der Waals surface area contributed by atoms with E-state index in [1.807, 2.05) is 0 Å². The Balaban J connectivity index is 2.48. The van der Waals surface area contributed by atoms with Crippen LogP contribution in [0.25, 0.3) is 0 Å². The van der Waals surface area contributed by atoms with Crippen LogP contribution in [0.5, 0.6) is 11.5 Å². The molecule has 3 rings (SSSR count). The summed E-state index contributed by atoms with van der Waals surface area (Å²) in [6.45, 7) is 0. The molecule has 256 valence electrons. The highest BCUT2D eigenvalue weighted by Crippen LogP contribution is 2.55. The molecule has 0 aromatic heterocycles. The fourth-order valence-electron chi connectivity index (χ4n) is 4.06. The fourth-order valence-corrected chi connectivity index (χ4v) is 4.67. The first-order valence-corrected chi connectivity index (χ1v) is 12.1. The maximum absolute atomic E-state index is 15.9. The number of carboxylic acids is 6. The van der Waals surface area contributed by atoms with Crippen molar-refractivity contribution in [2.45, 2.75) is 9.93 Å². The highest BCUT2D eigenvalue weighted by atomic mass is 79.9. The number of ether oxygens (including phenoxy) is 2. The lowest BCUT2D eigenvalue weighted by Gasteiger charge is -2.41. The van der Waals surface area contributed by atoms with Crippen molar-refractivity contribution in [3.8, 4) is 11.5 Å². The number of carboxylic acid groups (broad SMARTS) is 6. The molecule has 0 fully saturated rings. The summed E-state index contributed by atoms with van der Waals surface area (Å²) in [6, 6.07) is 0. The zero-order chi connectivity index (χ0) is 37.1. The van der Waals surface area contributed by atoms with E-state index in [-0.39, 0.29) is 0 Å². The molecule has 2 aromatic rings. The van der Waals surface area contributed by atoms with Crippen LogP contribution in [0.1, 0.15) is 41.4 Å². The molecule has 0 aliphatic heterocycles. The van der Waals surface area contributed by atoms with Crippen molar-refractivity contribution in [3.63, 3.8) is 0 Å². The highest BCUT2D eigenvalue weighted by Gasteiger charge is 2.74. The molecule has 48 heavy (non-hydrogen) atoms. The monoisotopic (exact) mass is 768 g/mol. The van der Waals surface area contributed by atoms with Crippen molar-refractivity contribution in [1.82, 2.24) is 0 Å². The average molecular weight is 769 g/mol. The Hall–Kier alpha value is -5.81. The van der Waals surface area contributed by atoms with Gasteiger partial charge in [0, 0.05) is 0 Å². The summed E-state index contributed by atoms with van der Waals surface area (Å²) in [6.07, 6.45) is 0. The number of halogens is 10. The van der Waals surface area contributed by atoms with Crippen LogP contribution in [0.4, 0.5) is 39.5 Å². The topological polar surface area (TPSA) is 242 Å². The standard InChI is InChI=1S/C24H6BrF9O14/c25-23(21(43)44)16(34)14(47-12-7(28)3(19(39)40)1(17(35)36)5(26)9(12)30)11(32)15(33)24(23,22(45)46)48-13-8(29)4(20(41)42)2(18(37)38)6(27)10(13)31/h(H,35,36)(H,37,38)(H,39,40)(H,41,42)(H,43,44)(H,45,46). The Morgan fingerprint density at radius 1 is 0.500 bits per heavy atom. The van der Waals surface area contributed by atoms with Crippen LogP contribution in [0.15, 0.2) is 23.2 Å². The molecule has 2 unspecified atom stereocenters. The van der Waals surface area contributed by atoms with Crippen molar-refractivity contribution in [3.05, 3.63) is 80.4 Å². The van der Waals surface area contributed by atoms with E-state index in [9.17, 15) is 60.9 Å². The van der Waals surface area contributed by atoms with Crippen molar-refractivity contribution in [2.24, 2.45) is 0 Å². The van der Waals surface area contributed by atoms with Gasteiger partial charge in [0.2, 0.25) is 27.5 Å². The van der Waals surface area contributed by atoms with Crippen molar-refractivity contribution in [1.29, 1.82) is 0 Å². The van der Waals surface area contributed by atoms with Crippen LogP contribution in [0.3, 0.4) is 0 Å². The van der Waals surface area contributed by atoms with E-state index >= 15 is 17.6 Å². The number of aliphatic carboxylic acids is 2. The van der Waals surface area contributed by atoms with Gasteiger partial charge in [0.1, 0.15) is 22.3 Å². The highest BCUT2D eigenvalue weighted by molar-refractivity contribution is 9.10. The van der Waals surface area contributed by atoms with Crippen molar-refractivity contribution < 1.29 is 108 Å². The lowest BCUT2D eigenvalue weighted by Crippen LogP contribution is -2.66. The van der Waals surface area contributed by atoms with E-state index in [0.717, 1.165) is 0 Å². The van der Waals surface area contributed by atoms with Crippen molar-refractivity contribution >= 4 is 51.7 Å². The van der Waals surface area contributed by atoms with Gasteiger partial charge in [0.25, 0.3) is 5.60 Å². The minimum atomic E-state index is -5.17. The molecule has 24 heteroatoms. The zero-order valence-electron chi connectivity index (χ0n) is 21.7. The third kappa shape index (κ3) is 4.90. The van der Waals surface area contributed by atoms with Gasteiger partial charge in [-0.3, -0.25) is 4.79 Å². The summed E-state index contributed by atoms with van der Waals surface area (Å²) in [5.74, 6) is -52.8. The molecule has 6 N–H and O–H groups in total. The number of allylic oxidation sites excluding steroid dienone is 1. The maximum atomic E-state index is 15.9. The summed E-state index contributed by atoms with van der Waals surface area (Å²) >= 11 is 1.76. The number of hydrogen-bond donors (Lipinski definition) is 6. The largest absolute Gasteiger partial charge is 0.480 e. The van der Waals surface area contributed by atoms with Crippen LogP contribution in [0.2, 0.25) is 0 Å². The predicted octanol–water partition coefficient (Wildman–Crippen LogP) is 4.16. The number of hydrogen-bond acceptors (Lipinski definition) is 8. The number of alkyl halides is 1. The fraction of sp³-hybridized carbons (Fsp3) is 0.0833. The predicted molar refractivity (Wildman–Crippen MR) is 129 cm³/mol. The first kappa shape index (κ1) is 36.7. The summed E-state index contributed by atoms with van der Waals surface area (Å²) < 4.78 is 139. The van der Waals surface area contributed by atoms with Crippen LogP contribution in [0, 0.1) is 34.9 Å². The molecule has 0 spiro atoms. The summed E-state index contributed by atoms with van der Waals surface area (Å²) in [5.41, 5.74) is -14.4. The molecule has 0 radical (unpaired) electrons. The van der Waals surface area contributed by atoms with E-state index in [1.165, 1.54) is 0 Å². The summed E-state index contributed by atoms with van der Waals surface area (Å²) in [7, 11) is 0. The first-order chi connectivity index (χ1) is 21.9. The minimum Gasteiger partial charge on any atom is -0.480 e. The lowest BCUT2D eigenvalue weighted by molar-refractivity contribution is -0.164. The van der Waals surface area contributed by atoms with Gasteiger partial charge in [0.05, 0.1) is 0 Å². The van der Waals surface area contributed by atoms with E-state index in [2.05, 4.69) is 9.47 Å². The molecular weight excluding hydrogens is 763 g/mol. The second kappa shape index (κ2) is 12.1. The van der Waals surface area contributed by atoms with Crippen LogP contribution in [-0.4, -0.2) is 76.4 Å². The Morgan fingerprint density at radius 2 is 0.854 bits per heavy atom. The molecule has 2 atom stereocenters. The third-order valence-electron chi connectivity index (χ3n) is 6.16. The van der Waals surface area contributed by atoms with Crippen molar-refractivity contribution in [2.75, 3.05) is 0 Å². The smallest absolute Gasteiger partial charge is 0.358 e. The number of benzene rings is 2. The molecular formula is C24H6BrF9O14. The molecule has 14 nitrogen and oxygen atoms in total. The van der Waals surface area contributed by atoms with E-state index in [1.54, 1.807) is 15.9 Å². The van der Waals surface area contributed by atoms with Gasteiger partial charge in [-0.1, -0.05) is 15.9 Å². The van der Waals surface area contributed by atoms with Gasteiger partial charge in [-0.05, 0) is 0 Å². The molecule has 0 saturated heterocycles. The summed E-state index contributed by atoms with van der Waals surface area (Å²) in [4.78, 5) is 69.8. The molecule has 1 aliphatic rings. The second-order valence-corrected chi connectivity index (χ2v) is 9.88. The Bertz CT molecular complexity index is 1980.